The quantitative estimate of drug-likeness (QED) is 0.157. The zero-order valence-corrected chi connectivity index (χ0v) is 35.1. The fraction of sp³-hybridized carbons (Fsp3) is 0.548. The SMILES string of the molecule is COc1c(NC(=O)N[C@H]2CC[C@@H](Oc3ccc4nnc([C@@H]5CCCN5C(C)C)n4c3)c3ccccc32)cc(C(C)(C)C)cc1C(C)(C)O[SiH2]C(C)(C)C. The molecule has 0 spiro atoms. The second-order valence-corrected chi connectivity index (χ2v) is 20.5. The van der Waals surface area contributed by atoms with Crippen LogP contribution in [0.15, 0.2) is 54.7 Å². The van der Waals surface area contributed by atoms with Gasteiger partial charge >= 0.3 is 6.03 Å². The zero-order valence-electron chi connectivity index (χ0n) is 33.7. The molecular formula is C42H60N6O4Si. The second kappa shape index (κ2) is 15.1. The van der Waals surface area contributed by atoms with Crippen LogP contribution in [0.25, 0.3) is 5.65 Å². The van der Waals surface area contributed by atoms with Crippen LogP contribution in [0.4, 0.5) is 10.5 Å². The molecule has 11 heteroatoms. The fourth-order valence-corrected chi connectivity index (χ4v) is 8.62. The minimum absolute atomic E-state index is 0.132. The van der Waals surface area contributed by atoms with E-state index in [4.69, 9.17) is 13.9 Å². The normalized spacial score (nSPS) is 20.0. The number of nitrogens with one attached hydrogen (secondary N) is 2. The van der Waals surface area contributed by atoms with E-state index in [1.54, 1.807) is 7.11 Å². The van der Waals surface area contributed by atoms with Gasteiger partial charge in [-0.25, -0.2) is 4.79 Å². The molecule has 1 aliphatic heterocycles. The Labute approximate surface area is 318 Å². The molecule has 0 bridgehead atoms. The molecule has 2 N–H and O–H groups in total. The third-order valence-electron chi connectivity index (χ3n) is 10.6. The van der Waals surface area contributed by atoms with E-state index < -0.39 is 15.4 Å². The Balaban J connectivity index is 1.21. The van der Waals surface area contributed by atoms with Crippen LogP contribution in [0, 0.1) is 0 Å². The maximum Gasteiger partial charge on any atom is 0.319 e. The Bertz CT molecular complexity index is 1930. The van der Waals surface area contributed by atoms with Gasteiger partial charge in [-0.3, -0.25) is 9.30 Å². The molecule has 1 fully saturated rings. The minimum atomic E-state index is -0.863. The molecule has 2 amide bonds. The lowest BCUT2D eigenvalue weighted by Crippen LogP contribution is -2.36. The summed E-state index contributed by atoms with van der Waals surface area (Å²) in [5, 5.41) is 15.7. The second-order valence-electron chi connectivity index (χ2n) is 17.8. The number of methoxy groups -OCH3 is 1. The van der Waals surface area contributed by atoms with Gasteiger partial charge in [-0.15, -0.1) is 10.2 Å². The van der Waals surface area contributed by atoms with Crippen molar-refractivity contribution >= 4 is 27.1 Å². The van der Waals surface area contributed by atoms with Crippen molar-refractivity contribution < 1.29 is 18.7 Å². The molecule has 3 atom stereocenters. The van der Waals surface area contributed by atoms with Crippen molar-refractivity contribution in [1.29, 1.82) is 0 Å². The molecule has 0 radical (unpaired) electrons. The summed E-state index contributed by atoms with van der Waals surface area (Å²) in [6, 6.07) is 16.6. The molecular weight excluding hydrogens is 681 g/mol. The highest BCUT2D eigenvalue weighted by molar-refractivity contribution is 6.31. The van der Waals surface area contributed by atoms with Crippen LogP contribution in [0.2, 0.25) is 5.04 Å². The monoisotopic (exact) mass is 740 g/mol. The Kier molecular flexibility index (Phi) is 11.0. The van der Waals surface area contributed by atoms with Crippen molar-refractivity contribution in [1.82, 2.24) is 24.8 Å². The van der Waals surface area contributed by atoms with Crippen LogP contribution in [0.1, 0.15) is 141 Å². The number of benzene rings is 2. The first-order valence-electron chi connectivity index (χ1n) is 19.3. The number of nitrogens with zero attached hydrogens (tertiary/aromatic N) is 4. The Morgan fingerprint density at radius 3 is 2.36 bits per heavy atom. The van der Waals surface area contributed by atoms with E-state index >= 15 is 0 Å². The van der Waals surface area contributed by atoms with Gasteiger partial charge in [0.1, 0.15) is 17.6 Å². The van der Waals surface area contributed by atoms with Gasteiger partial charge < -0.3 is 24.5 Å². The molecule has 0 unspecified atom stereocenters. The van der Waals surface area contributed by atoms with Crippen LogP contribution >= 0.6 is 0 Å². The van der Waals surface area contributed by atoms with Gasteiger partial charge in [0.2, 0.25) is 0 Å². The van der Waals surface area contributed by atoms with E-state index in [1.807, 2.05) is 36.5 Å². The molecule has 53 heavy (non-hydrogen) atoms. The number of carbonyl (C=O) groups is 1. The molecule has 3 heterocycles. The fourth-order valence-electron chi connectivity index (χ4n) is 7.67. The molecule has 1 aliphatic carbocycles. The topological polar surface area (TPSA) is 102 Å². The van der Waals surface area contributed by atoms with Gasteiger partial charge in [0.05, 0.1) is 36.7 Å². The number of pyridine rings is 1. The van der Waals surface area contributed by atoms with E-state index in [2.05, 4.69) is 118 Å². The van der Waals surface area contributed by atoms with Crippen molar-refractivity contribution in [2.24, 2.45) is 0 Å². The van der Waals surface area contributed by atoms with Crippen LogP contribution in [-0.4, -0.2) is 55.0 Å². The first kappa shape index (κ1) is 38.8. The van der Waals surface area contributed by atoms with Gasteiger partial charge in [0.15, 0.2) is 21.2 Å². The standard InChI is InChI=1S/C42H60N6O4Si/c1-26(2)47-22-14-17-34(47)38-46-45-36-21-18-28(25-48(36)38)51-35-20-19-32(29-15-12-13-16-30(29)35)43-39(49)44-33-24-27(40(3,4)5)23-31(37(33)50-11)42(9,10)52-53-41(6,7)8/h12-13,15-16,18,21,23-26,32,34-35H,14,17,19-20,22,53H2,1-11H3,(H2,43,44,49)/t32-,34-,35+/m0/s1. The van der Waals surface area contributed by atoms with Gasteiger partial charge in [-0.1, -0.05) is 65.8 Å². The molecule has 1 saturated heterocycles. The zero-order chi connectivity index (χ0) is 38.3. The van der Waals surface area contributed by atoms with E-state index in [1.165, 1.54) is 0 Å². The lowest BCUT2D eigenvalue weighted by atomic mass is 9.83. The van der Waals surface area contributed by atoms with E-state index in [0.29, 0.717) is 17.5 Å². The van der Waals surface area contributed by atoms with Crippen LogP contribution < -0.4 is 20.1 Å². The van der Waals surface area contributed by atoms with Crippen LogP contribution in [-0.2, 0) is 15.4 Å². The number of rotatable bonds is 10. The van der Waals surface area contributed by atoms with E-state index in [0.717, 1.165) is 71.7 Å². The van der Waals surface area contributed by atoms with E-state index in [9.17, 15) is 4.79 Å². The number of carbonyl (C=O) groups excluding carboxylic acids is 1. The Hall–Kier alpha value is -3.93. The van der Waals surface area contributed by atoms with Crippen LogP contribution in [0.3, 0.4) is 0 Å². The molecule has 2 aromatic heterocycles. The van der Waals surface area contributed by atoms with Crippen LogP contribution in [0.5, 0.6) is 11.5 Å². The average Bonchev–Trinajstić information content (AvgIpc) is 3.75. The molecule has 6 rings (SSSR count). The highest BCUT2D eigenvalue weighted by Gasteiger charge is 2.34. The highest BCUT2D eigenvalue weighted by Crippen LogP contribution is 2.43. The summed E-state index contributed by atoms with van der Waals surface area (Å²) in [6.07, 6.45) is 5.58. The molecule has 286 valence electrons. The maximum absolute atomic E-state index is 13.9. The molecule has 4 aromatic rings. The van der Waals surface area contributed by atoms with E-state index in [-0.39, 0.29) is 34.7 Å². The lowest BCUT2D eigenvalue weighted by Gasteiger charge is -2.34. The predicted octanol–water partition coefficient (Wildman–Crippen LogP) is 8.91. The van der Waals surface area contributed by atoms with Crippen molar-refractivity contribution in [2.45, 2.75) is 135 Å². The highest BCUT2D eigenvalue weighted by atomic mass is 28.2. The number of anilines is 1. The number of ether oxygens (including phenoxy) is 2. The molecule has 2 aliphatic rings. The molecule has 10 nitrogen and oxygen atoms in total. The van der Waals surface area contributed by atoms with Gasteiger partial charge in [-0.05, 0) is 111 Å². The molecule has 2 aromatic carbocycles. The number of urea groups is 1. The average molecular weight is 741 g/mol. The first-order valence-corrected chi connectivity index (χ1v) is 20.5. The van der Waals surface area contributed by atoms with Crippen molar-refractivity contribution in [3.63, 3.8) is 0 Å². The molecule has 0 saturated carbocycles. The third kappa shape index (κ3) is 8.58. The Morgan fingerprint density at radius 2 is 1.68 bits per heavy atom. The minimum Gasteiger partial charge on any atom is -0.494 e. The van der Waals surface area contributed by atoms with Gasteiger partial charge in [0.25, 0.3) is 0 Å². The number of aromatic nitrogens is 3. The predicted molar refractivity (Wildman–Crippen MR) is 215 cm³/mol. The lowest BCUT2D eigenvalue weighted by molar-refractivity contribution is 0.106. The van der Waals surface area contributed by atoms with Gasteiger partial charge in [-0.2, -0.15) is 0 Å². The Morgan fingerprint density at radius 1 is 0.943 bits per heavy atom. The largest absolute Gasteiger partial charge is 0.494 e. The maximum atomic E-state index is 13.9. The number of hydrogen-bond acceptors (Lipinski definition) is 7. The number of fused-ring (bicyclic) bond motifs is 2. The summed E-state index contributed by atoms with van der Waals surface area (Å²) >= 11 is 0. The summed E-state index contributed by atoms with van der Waals surface area (Å²) in [6.45, 7) is 22.9. The summed E-state index contributed by atoms with van der Waals surface area (Å²) < 4.78 is 21.5. The summed E-state index contributed by atoms with van der Waals surface area (Å²) in [4.78, 5) is 16.4. The van der Waals surface area contributed by atoms with Crippen molar-refractivity contribution in [2.75, 3.05) is 19.0 Å². The summed E-state index contributed by atoms with van der Waals surface area (Å²) in [7, 11) is 0.794. The number of amides is 2. The number of likely N-dealkylation sites (tertiary alicyclic amines) is 1. The van der Waals surface area contributed by atoms with Gasteiger partial charge in [0, 0.05) is 11.6 Å². The third-order valence-corrected chi connectivity index (χ3v) is 12.3. The smallest absolute Gasteiger partial charge is 0.319 e. The van der Waals surface area contributed by atoms with Crippen molar-refractivity contribution in [3.05, 3.63) is 82.8 Å². The summed E-state index contributed by atoms with van der Waals surface area (Å²) in [5.74, 6) is 2.36. The number of hydrogen-bond donors (Lipinski definition) is 2. The van der Waals surface area contributed by atoms with Crippen molar-refractivity contribution in [3.8, 4) is 11.5 Å². The summed E-state index contributed by atoms with van der Waals surface area (Å²) in [5.41, 5.74) is 4.85. The first-order chi connectivity index (χ1) is 24.9.